The van der Waals surface area contributed by atoms with Crippen molar-refractivity contribution in [1.29, 1.82) is 0 Å². The first-order valence-electron chi connectivity index (χ1n) is 10.6. The van der Waals surface area contributed by atoms with Gasteiger partial charge in [0.25, 0.3) is 0 Å². The monoisotopic (exact) mass is 383 g/mol. The molecule has 2 aliphatic carbocycles. The molecule has 1 spiro atoms. The highest BCUT2D eigenvalue weighted by Gasteiger charge is 2.49. The maximum absolute atomic E-state index is 10.4. The lowest BCUT2D eigenvalue weighted by Crippen LogP contribution is -2.47. The fourth-order valence-corrected chi connectivity index (χ4v) is 4.90. The molecular formula is C23H33N3O2. The summed E-state index contributed by atoms with van der Waals surface area (Å²) in [6.45, 7) is 8.28. The normalized spacial score (nSPS) is 32.2. The van der Waals surface area contributed by atoms with E-state index in [0.717, 1.165) is 62.5 Å². The summed E-state index contributed by atoms with van der Waals surface area (Å²) in [5, 5.41) is 13.9. The lowest BCUT2D eigenvalue weighted by molar-refractivity contribution is -0.0637. The minimum Gasteiger partial charge on any atom is -0.471 e. The molecule has 152 valence electrons. The molecular weight excluding hydrogens is 350 g/mol. The largest absolute Gasteiger partial charge is 0.471 e. The number of ether oxygens (including phenoxy) is 1. The molecule has 0 aromatic carbocycles. The van der Waals surface area contributed by atoms with Gasteiger partial charge in [0.15, 0.2) is 5.88 Å². The molecule has 2 atom stereocenters. The summed E-state index contributed by atoms with van der Waals surface area (Å²) in [5.74, 6) is 0.906. The van der Waals surface area contributed by atoms with Crippen molar-refractivity contribution in [1.82, 2.24) is 14.9 Å². The van der Waals surface area contributed by atoms with Crippen LogP contribution in [-0.4, -0.2) is 33.4 Å². The molecule has 1 aromatic heterocycles. The summed E-state index contributed by atoms with van der Waals surface area (Å²) >= 11 is 0. The highest BCUT2D eigenvalue weighted by Crippen LogP contribution is 2.47. The number of nitrogens with one attached hydrogen (secondary N) is 1. The van der Waals surface area contributed by atoms with Crippen molar-refractivity contribution in [2.45, 2.75) is 65.0 Å². The second-order valence-electron chi connectivity index (χ2n) is 9.43. The first-order valence-corrected chi connectivity index (χ1v) is 10.6. The molecule has 1 aliphatic heterocycles. The van der Waals surface area contributed by atoms with Crippen LogP contribution >= 0.6 is 0 Å². The number of fused-ring (bicyclic) bond motifs is 1. The highest BCUT2D eigenvalue weighted by atomic mass is 16.5. The molecule has 2 heterocycles. The lowest BCUT2D eigenvalue weighted by Gasteiger charge is -2.44. The van der Waals surface area contributed by atoms with Crippen LogP contribution < -0.4 is 5.32 Å². The molecule has 5 heteroatoms. The number of aliphatic hydroxyl groups is 1. The van der Waals surface area contributed by atoms with Gasteiger partial charge in [-0.05, 0) is 50.3 Å². The number of nitrogens with zero attached hydrogens (tertiary/aromatic N) is 2. The zero-order valence-electron chi connectivity index (χ0n) is 17.4. The number of rotatable bonds is 4. The number of allylic oxidation sites excluding steroid dienone is 3. The van der Waals surface area contributed by atoms with Crippen LogP contribution in [0.2, 0.25) is 0 Å². The molecule has 0 amide bonds. The fraction of sp³-hybridized carbons (Fsp3) is 0.609. The fourth-order valence-electron chi connectivity index (χ4n) is 4.90. The molecule has 4 rings (SSSR count). The third-order valence-electron chi connectivity index (χ3n) is 6.43. The number of imidazole rings is 1. The Morgan fingerprint density at radius 2 is 2.11 bits per heavy atom. The topological polar surface area (TPSA) is 59.3 Å². The van der Waals surface area contributed by atoms with Crippen molar-refractivity contribution in [2.75, 3.05) is 13.2 Å². The van der Waals surface area contributed by atoms with E-state index in [4.69, 9.17) is 4.74 Å². The van der Waals surface area contributed by atoms with Gasteiger partial charge < -0.3 is 19.7 Å². The molecule has 0 bridgehead atoms. The van der Waals surface area contributed by atoms with Crippen LogP contribution in [0.15, 0.2) is 30.4 Å². The van der Waals surface area contributed by atoms with E-state index in [9.17, 15) is 5.11 Å². The van der Waals surface area contributed by atoms with Gasteiger partial charge in [0.05, 0.1) is 30.9 Å². The van der Waals surface area contributed by atoms with E-state index in [2.05, 4.69) is 66.0 Å². The first kappa shape index (κ1) is 19.3. The minimum absolute atomic E-state index is 0.0282. The first-order chi connectivity index (χ1) is 13.4. The molecule has 2 fully saturated rings. The van der Waals surface area contributed by atoms with Gasteiger partial charge in [0.2, 0.25) is 0 Å². The Balaban J connectivity index is 1.58. The molecule has 1 saturated heterocycles. The zero-order chi connectivity index (χ0) is 19.8. The van der Waals surface area contributed by atoms with Gasteiger partial charge >= 0.3 is 0 Å². The van der Waals surface area contributed by atoms with Crippen LogP contribution in [0.3, 0.4) is 0 Å². The van der Waals surface area contributed by atoms with Crippen molar-refractivity contribution in [3.63, 3.8) is 0 Å². The van der Waals surface area contributed by atoms with Crippen molar-refractivity contribution >= 4 is 12.2 Å². The Morgan fingerprint density at radius 1 is 1.29 bits per heavy atom. The summed E-state index contributed by atoms with van der Waals surface area (Å²) in [6, 6.07) is 0. The molecule has 1 aromatic rings. The standard InChI is InChI=1S/C23H33N3O2/c1-4-6-20-24-14-23(28-20)10-5-9-22(13-23,16-27)15-26-17-25-18-7-11-21(2,3)12-8-19(18)26/h6-8,11-12,17,24,27H,4-5,9-10,13-16H2,1-3H3/b20-6+. The molecule has 0 radical (unpaired) electrons. The summed E-state index contributed by atoms with van der Waals surface area (Å²) in [6.07, 6.45) is 17.7. The quantitative estimate of drug-likeness (QED) is 0.821. The van der Waals surface area contributed by atoms with E-state index < -0.39 is 0 Å². The van der Waals surface area contributed by atoms with Gasteiger partial charge in [-0.15, -0.1) is 0 Å². The Hall–Kier alpha value is -2.01. The molecule has 3 aliphatic rings. The summed E-state index contributed by atoms with van der Waals surface area (Å²) in [7, 11) is 0. The Kier molecular flexibility index (Phi) is 4.90. The predicted molar refractivity (Wildman–Crippen MR) is 112 cm³/mol. The van der Waals surface area contributed by atoms with Gasteiger partial charge in [0, 0.05) is 17.4 Å². The van der Waals surface area contributed by atoms with Gasteiger partial charge in [-0.2, -0.15) is 0 Å². The SMILES string of the molecule is CC/C=C1\NCC2(CCCC(CO)(Cn3cnc4c3C=CC(C)(C)C=C4)C2)O1. The van der Waals surface area contributed by atoms with Gasteiger partial charge in [-0.1, -0.05) is 32.9 Å². The smallest absolute Gasteiger partial charge is 0.183 e. The number of hydrogen-bond donors (Lipinski definition) is 2. The molecule has 5 nitrogen and oxygen atoms in total. The second-order valence-corrected chi connectivity index (χ2v) is 9.43. The summed E-state index contributed by atoms with van der Waals surface area (Å²) in [5.41, 5.74) is 1.78. The van der Waals surface area contributed by atoms with Crippen LogP contribution in [-0.2, 0) is 11.3 Å². The van der Waals surface area contributed by atoms with Crippen LogP contribution in [0.5, 0.6) is 0 Å². The number of aliphatic hydroxyl groups excluding tert-OH is 1. The summed E-state index contributed by atoms with van der Waals surface area (Å²) in [4.78, 5) is 4.63. The Bertz CT molecular complexity index is 820. The van der Waals surface area contributed by atoms with Crippen LogP contribution in [0.1, 0.15) is 64.3 Å². The third kappa shape index (κ3) is 3.64. The van der Waals surface area contributed by atoms with Crippen molar-refractivity contribution in [3.05, 3.63) is 41.8 Å². The van der Waals surface area contributed by atoms with Crippen LogP contribution in [0.4, 0.5) is 0 Å². The Morgan fingerprint density at radius 3 is 2.89 bits per heavy atom. The number of aromatic nitrogens is 2. The lowest BCUT2D eigenvalue weighted by atomic mass is 9.67. The second kappa shape index (κ2) is 7.11. The van der Waals surface area contributed by atoms with E-state index in [-0.39, 0.29) is 23.0 Å². The summed E-state index contributed by atoms with van der Waals surface area (Å²) < 4.78 is 8.58. The van der Waals surface area contributed by atoms with E-state index in [1.807, 2.05) is 6.33 Å². The molecule has 28 heavy (non-hydrogen) atoms. The number of hydrogen-bond acceptors (Lipinski definition) is 4. The van der Waals surface area contributed by atoms with Crippen LogP contribution in [0, 0.1) is 10.8 Å². The average Bonchev–Trinajstić information content (AvgIpc) is 3.18. The van der Waals surface area contributed by atoms with E-state index >= 15 is 0 Å². The third-order valence-corrected chi connectivity index (χ3v) is 6.43. The van der Waals surface area contributed by atoms with E-state index in [1.54, 1.807) is 0 Å². The molecule has 2 unspecified atom stereocenters. The Labute approximate surface area is 168 Å². The molecule has 2 N–H and O–H groups in total. The molecule has 1 saturated carbocycles. The van der Waals surface area contributed by atoms with Crippen LogP contribution in [0.25, 0.3) is 12.2 Å². The van der Waals surface area contributed by atoms with E-state index in [1.165, 1.54) is 0 Å². The predicted octanol–water partition coefficient (Wildman–Crippen LogP) is 4.11. The average molecular weight is 384 g/mol. The minimum atomic E-state index is -0.197. The van der Waals surface area contributed by atoms with Crippen molar-refractivity contribution in [2.24, 2.45) is 10.8 Å². The van der Waals surface area contributed by atoms with Crippen molar-refractivity contribution in [3.8, 4) is 0 Å². The van der Waals surface area contributed by atoms with E-state index in [0.29, 0.717) is 0 Å². The van der Waals surface area contributed by atoms with Gasteiger partial charge in [0.1, 0.15) is 5.60 Å². The zero-order valence-corrected chi connectivity index (χ0v) is 17.4. The maximum Gasteiger partial charge on any atom is 0.183 e. The van der Waals surface area contributed by atoms with Gasteiger partial charge in [-0.3, -0.25) is 0 Å². The maximum atomic E-state index is 10.4. The van der Waals surface area contributed by atoms with Crippen molar-refractivity contribution < 1.29 is 9.84 Å². The van der Waals surface area contributed by atoms with Gasteiger partial charge in [-0.25, -0.2) is 4.98 Å². The highest BCUT2D eigenvalue weighted by molar-refractivity contribution is 5.64.